The van der Waals surface area contributed by atoms with Gasteiger partial charge in [0.2, 0.25) is 11.8 Å². The Hall–Kier alpha value is -0.560. The molecule has 3 rings (SSSR count). The van der Waals surface area contributed by atoms with Gasteiger partial charge in [-0.25, -0.2) is 0 Å². The molecular formula is C18H34Cl2N4O2. The number of carbonyl (C=O) groups is 2. The first-order valence-corrected chi connectivity index (χ1v) is 9.71. The Morgan fingerprint density at radius 3 is 2.23 bits per heavy atom. The number of hydrogen-bond acceptors (Lipinski definition) is 4. The van der Waals surface area contributed by atoms with Crippen molar-refractivity contribution in [2.24, 2.45) is 5.92 Å². The van der Waals surface area contributed by atoms with Gasteiger partial charge in [0.05, 0.1) is 6.54 Å². The van der Waals surface area contributed by atoms with E-state index in [0.717, 1.165) is 78.0 Å². The molecule has 1 atom stereocenters. The van der Waals surface area contributed by atoms with E-state index >= 15 is 0 Å². The third-order valence-electron chi connectivity index (χ3n) is 5.69. The Bertz CT molecular complexity index is 441. The number of nitrogens with one attached hydrogen (secondary N) is 1. The van der Waals surface area contributed by atoms with Crippen LogP contribution in [0.3, 0.4) is 0 Å². The second-order valence-corrected chi connectivity index (χ2v) is 7.50. The van der Waals surface area contributed by atoms with E-state index in [-0.39, 0.29) is 30.7 Å². The fourth-order valence-electron chi connectivity index (χ4n) is 4.08. The van der Waals surface area contributed by atoms with Gasteiger partial charge in [-0.1, -0.05) is 0 Å². The van der Waals surface area contributed by atoms with Crippen molar-refractivity contribution in [2.75, 3.05) is 58.9 Å². The molecule has 3 fully saturated rings. The lowest BCUT2D eigenvalue weighted by Gasteiger charge is -2.24. The molecule has 152 valence electrons. The van der Waals surface area contributed by atoms with Crippen LogP contribution in [-0.2, 0) is 9.59 Å². The van der Waals surface area contributed by atoms with Crippen LogP contribution in [0.2, 0.25) is 0 Å². The molecule has 0 aromatic rings. The van der Waals surface area contributed by atoms with Gasteiger partial charge in [0.25, 0.3) is 0 Å². The van der Waals surface area contributed by atoms with E-state index < -0.39 is 0 Å². The first-order valence-electron chi connectivity index (χ1n) is 9.71. The first-order chi connectivity index (χ1) is 11.7. The predicted octanol–water partition coefficient (Wildman–Crippen LogP) is 1.38. The van der Waals surface area contributed by atoms with Gasteiger partial charge < -0.3 is 15.1 Å². The van der Waals surface area contributed by atoms with Crippen molar-refractivity contribution in [2.45, 2.75) is 38.5 Å². The Morgan fingerprint density at radius 2 is 1.54 bits per heavy atom. The summed E-state index contributed by atoms with van der Waals surface area (Å²) in [6, 6.07) is 0. The fraction of sp³-hybridized carbons (Fsp3) is 0.889. The minimum absolute atomic E-state index is 0. The van der Waals surface area contributed by atoms with Gasteiger partial charge in [0, 0.05) is 45.7 Å². The van der Waals surface area contributed by atoms with Crippen molar-refractivity contribution in [1.29, 1.82) is 0 Å². The van der Waals surface area contributed by atoms with E-state index in [2.05, 4.69) is 10.2 Å². The van der Waals surface area contributed by atoms with Crippen molar-refractivity contribution in [1.82, 2.24) is 20.0 Å². The lowest BCUT2D eigenvalue weighted by Crippen LogP contribution is -2.41. The minimum Gasteiger partial charge on any atom is -0.342 e. The van der Waals surface area contributed by atoms with Gasteiger partial charge >= 0.3 is 0 Å². The zero-order chi connectivity index (χ0) is 16.8. The van der Waals surface area contributed by atoms with Crippen LogP contribution in [0.4, 0.5) is 0 Å². The van der Waals surface area contributed by atoms with Crippen LogP contribution in [0.1, 0.15) is 38.5 Å². The summed E-state index contributed by atoms with van der Waals surface area (Å²) in [6.07, 6.45) is 6.16. The van der Waals surface area contributed by atoms with E-state index in [1.165, 1.54) is 6.42 Å². The van der Waals surface area contributed by atoms with Crippen LogP contribution in [0.15, 0.2) is 0 Å². The molecule has 3 aliphatic rings. The van der Waals surface area contributed by atoms with Crippen molar-refractivity contribution in [3.63, 3.8) is 0 Å². The Labute approximate surface area is 169 Å². The maximum atomic E-state index is 12.5. The summed E-state index contributed by atoms with van der Waals surface area (Å²) in [7, 11) is 0. The lowest BCUT2D eigenvalue weighted by atomic mass is 10.0. The zero-order valence-electron chi connectivity index (χ0n) is 15.7. The molecule has 0 bridgehead atoms. The number of nitrogens with zero attached hydrogens (tertiary/aromatic N) is 3. The van der Waals surface area contributed by atoms with Crippen LogP contribution < -0.4 is 5.32 Å². The number of rotatable bonds is 5. The van der Waals surface area contributed by atoms with Gasteiger partial charge in [0.1, 0.15) is 0 Å². The highest BCUT2D eigenvalue weighted by molar-refractivity contribution is 5.85. The molecule has 0 saturated carbocycles. The van der Waals surface area contributed by atoms with Crippen molar-refractivity contribution in [3.8, 4) is 0 Å². The molecule has 3 saturated heterocycles. The van der Waals surface area contributed by atoms with Gasteiger partial charge in [-0.15, -0.1) is 24.8 Å². The van der Waals surface area contributed by atoms with E-state index in [4.69, 9.17) is 0 Å². The molecule has 1 N–H and O–H groups in total. The van der Waals surface area contributed by atoms with Crippen molar-refractivity contribution < 1.29 is 9.59 Å². The summed E-state index contributed by atoms with van der Waals surface area (Å²) in [5.41, 5.74) is 0. The largest absolute Gasteiger partial charge is 0.342 e. The van der Waals surface area contributed by atoms with Crippen molar-refractivity contribution in [3.05, 3.63) is 0 Å². The van der Waals surface area contributed by atoms with E-state index in [1.54, 1.807) is 0 Å². The zero-order valence-corrected chi connectivity index (χ0v) is 17.3. The Morgan fingerprint density at radius 1 is 0.846 bits per heavy atom. The molecule has 2 amide bonds. The average Bonchev–Trinajstić information content (AvgIpc) is 3.24. The molecule has 6 nitrogen and oxygen atoms in total. The Balaban J connectivity index is 0.00000169. The molecule has 0 aliphatic carbocycles. The number of halogens is 2. The smallest absolute Gasteiger partial charge is 0.236 e. The van der Waals surface area contributed by atoms with E-state index in [9.17, 15) is 9.59 Å². The third-order valence-corrected chi connectivity index (χ3v) is 5.69. The minimum atomic E-state index is 0. The van der Waals surface area contributed by atoms with Gasteiger partial charge in [0.15, 0.2) is 0 Å². The van der Waals surface area contributed by atoms with E-state index in [1.807, 2.05) is 9.80 Å². The van der Waals surface area contributed by atoms with Crippen LogP contribution in [-0.4, -0.2) is 85.4 Å². The van der Waals surface area contributed by atoms with Crippen LogP contribution in [0.5, 0.6) is 0 Å². The van der Waals surface area contributed by atoms with Crippen LogP contribution >= 0.6 is 24.8 Å². The normalized spacial score (nSPS) is 23.9. The summed E-state index contributed by atoms with van der Waals surface area (Å²) < 4.78 is 0. The maximum Gasteiger partial charge on any atom is 0.236 e. The van der Waals surface area contributed by atoms with Gasteiger partial charge in [-0.05, 0) is 51.1 Å². The summed E-state index contributed by atoms with van der Waals surface area (Å²) >= 11 is 0. The number of amides is 2. The molecule has 0 spiro atoms. The number of carbonyl (C=O) groups excluding carboxylic acids is 2. The van der Waals surface area contributed by atoms with E-state index in [0.29, 0.717) is 24.8 Å². The molecule has 0 aromatic carbocycles. The summed E-state index contributed by atoms with van der Waals surface area (Å²) in [6.45, 7) is 7.91. The standard InChI is InChI=1S/C18H32N4O2.2ClH/c23-17(5-4-16-6-7-19-14-16)22-11-3-8-20(12-13-22)15-18(24)21-9-1-2-10-21;;/h16,19H,1-15H2;2*1H. The highest BCUT2D eigenvalue weighted by atomic mass is 35.5. The molecule has 0 radical (unpaired) electrons. The second kappa shape index (κ2) is 12.0. The third kappa shape index (κ3) is 6.87. The lowest BCUT2D eigenvalue weighted by molar-refractivity contribution is -0.131. The summed E-state index contributed by atoms with van der Waals surface area (Å²) in [5.74, 6) is 1.24. The van der Waals surface area contributed by atoms with Crippen LogP contribution in [0, 0.1) is 5.92 Å². The summed E-state index contributed by atoms with van der Waals surface area (Å²) in [5, 5.41) is 3.37. The summed E-state index contributed by atoms with van der Waals surface area (Å²) in [4.78, 5) is 31.0. The molecule has 0 aromatic heterocycles. The first kappa shape index (κ1) is 23.5. The maximum absolute atomic E-state index is 12.5. The molecule has 26 heavy (non-hydrogen) atoms. The average molecular weight is 409 g/mol. The number of likely N-dealkylation sites (tertiary alicyclic amines) is 1. The molecular weight excluding hydrogens is 375 g/mol. The highest BCUT2D eigenvalue weighted by Crippen LogP contribution is 2.16. The SMILES string of the molecule is Cl.Cl.O=C(CCC1CCNC1)N1CCCN(CC(=O)N2CCCC2)CC1. The Kier molecular flexibility index (Phi) is 10.8. The monoisotopic (exact) mass is 408 g/mol. The quantitative estimate of drug-likeness (QED) is 0.746. The molecule has 3 aliphatic heterocycles. The fourth-order valence-corrected chi connectivity index (χ4v) is 4.08. The second-order valence-electron chi connectivity index (χ2n) is 7.50. The highest BCUT2D eigenvalue weighted by Gasteiger charge is 2.24. The van der Waals surface area contributed by atoms with Gasteiger partial charge in [-0.3, -0.25) is 14.5 Å². The van der Waals surface area contributed by atoms with Gasteiger partial charge in [-0.2, -0.15) is 0 Å². The predicted molar refractivity (Wildman–Crippen MR) is 108 cm³/mol. The van der Waals surface area contributed by atoms with Crippen molar-refractivity contribution >= 4 is 36.6 Å². The topological polar surface area (TPSA) is 55.9 Å². The van der Waals surface area contributed by atoms with Crippen LogP contribution in [0.25, 0.3) is 0 Å². The molecule has 8 heteroatoms. The molecule has 1 unspecified atom stereocenters. The molecule has 3 heterocycles. The number of hydrogen-bond donors (Lipinski definition) is 1.